The molecule has 2 heterocycles. The van der Waals surface area contributed by atoms with Crippen LogP contribution < -0.4 is 5.32 Å². The fraction of sp³-hybridized carbons (Fsp3) is 0.379. The second-order valence-electron chi connectivity index (χ2n) is 9.78. The predicted octanol–water partition coefficient (Wildman–Crippen LogP) is 7.10. The SMILES string of the molecule is CC(C)c1ccc(CN2CCCCC(NC(=O)c3cc(-c4ccccc4F)cs3)C2)cc1.O=C(O)C(F)(F)F. The van der Waals surface area contributed by atoms with Crippen molar-refractivity contribution in [1.29, 1.82) is 0 Å². The highest BCUT2D eigenvalue weighted by Crippen LogP contribution is 2.28. The number of thiophene rings is 1. The number of nitrogens with zero attached hydrogens (tertiary/aromatic N) is 1. The standard InChI is InChI=1S/C27H31FN2OS.C2HF3O2/c1-19(2)21-12-10-20(11-13-21)16-30-14-6-5-7-23(17-30)29-27(31)26-15-22(18-32-26)24-8-3-4-9-25(24)28;3-2(4,5)1(6)7/h3-4,8-13,15,18-19,23H,5-7,14,16-17H2,1-2H3,(H,29,31);(H,6,7). The Kier molecular flexibility index (Phi) is 10.7. The average molecular weight is 565 g/mol. The number of halogens is 4. The first-order valence-corrected chi connectivity index (χ1v) is 13.6. The number of likely N-dealkylation sites (tertiary alicyclic amines) is 1. The molecule has 0 radical (unpaired) electrons. The largest absolute Gasteiger partial charge is 0.490 e. The van der Waals surface area contributed by atoms with E-state index in [9.17, 15) is 22.4 Å². The molecular formula is C29H32F4N2O3S. The highest BCUT2D eigenvalue weighted by molar-refractivity contribution is 7.12. The molecule has 1 amide bonds. The van der Waals surface area contributed by atoms with Crippen LogP contribution >= 0.6 is 11.3 Å². The Hall–Kier alpha value is -3.24. The Morgan fingerprint density at radius 3 is 2.38 bits per heavy atom. The van der Waals surface area contributed by atoms with Gasteiger partial charge < -0.3 is 10.4 Å². The second-order valence-corrected chi connectivity index (χ2v) is 10.7. The van der Waals surface area contributed by atoms with E-state index in [1.165, 1.54) is 28.5 Å². The van der Waals surface area contributed by atoms with Gasteiger partial charge in [-0.1, -0.05) is 62.7 Å². The third-order valence-corrected chi connectivity index (χ3v) is 7.32. The van der Waals surface area contributed by atoms with Gasteiger partial charge >= 0.3 is 12.1 Å². The molecule has 3 aromatic rings. The molecule has 1 atom stereocenters. The first kappa shape index (κ1) is 30.3. The molecule has 1 unspecified atom stereocenters. The number of alkyl halides is 3. The van der Waals surface area contributed by atoms with Crippen molar-refractivity contribution >= 4 is 23.2 Å². The number of carbonyl (C=O) groups excluding carboxylic acids is 1. The van der Waals surface area contributed by atoms with Crippen molar-refractivity contribution in [2.45, 2.75) is 57.8 Å². The lowest BCUT2D eigenvalue weighted by molar-refractivity contribution is -0.192. The zero-order valence-corrected chi connectivity index (χ0v) is 22.6. The molecule has 0 aliphatic carbocycles. The Morgan fingerprint density at radius 1 is 1.10 bits per heavy atom. The molecule has 0 bridgehead atoms. The summed E-state index contributed by atoms with van der Waals surface area (Å²) in [5.74, 6) is -2.55. The first-order chi connectivity index (χ1) is 18.4. The fourth-order valence-electron chi connectivity index (χ4n) is 4.30. The number of amides is 1. The van der Waals surface area contributed by atoms with Crippen molar-refractivity contribution < 1.29 is 32.3 Å². The van der Waals surface area contributed by atoms with Crippen LogP contribution in [-0.4, -0.2) is 47.2 Å². The summed E-state index contributed by atoms with van der Waals surface area (Å²) in [6, 6.07) is 17.5. The van der Waals surface area contributed by atoms with E-state index < -0.39 is 12.1 Å². The number of carboxylic acid groups (broad SMARTS) is 1. The molecule has 0 saturated carbocycles. The van der Waals surface area contributed by atoms with E-state index in [1.807, 2.05) is 11.4 Å². The van der Waals surface area contributed by atoms with Crippen molar-refractivity contribution in [3.63, 3.8) is 0 Å². The van der Waals surface area contributed by atoms with Crippen molar-refractivity contribution in [3.05, 3.63) is 81.8 Å². The smallest absolute Gasteiger partial charge is 0.475 e. The molecule has 5 nitrogen and oxygen atoms in total. The van der Waals surface area contributed by atoms with Gasteiger partial charge in [0.05, 0.1) is 4.88 Å². The number of hydrogen-bond acceptors (Lipinski definition) is 4. The second kappa shape index (κ2) is 13.7. The number of carbonyl (C=O) groups is 2. The third kappa shape index (κ3) is 9.18. The zero-order valence-electron chi connectivity index (χ0n) is 21.8. The van der Waals surface area contributed by atoms with Crippen LogP contribution in [0.5, 0.6) is 0 Å². The highest BCUT2D eigenvalue weighted by Gasteiger charge is 2.38. The molecule has 1 aromatic heterocycles. The van der Waals surface area contributed by atoms with Crippen LogP contribution in [0.1, 0.15) is 59.8 Å². The molecule has 2 N–H and O–H groups in total. The van der Waals surface area contributed by atoms with Crippen LogP contribution in [0.2, 0.25) is 0 Å². The lowest BCUT2D eigenvalue weighted by Gasteiger charge is -2.25. The molecule has 1 saturated heterocycles. The Labute approximate surface area is 229 Å². The van der Waals surface area contributed by atoms with Gasteiger partial charge in [-0.3, -0.25) is 9.69 Å². The van der Waals surface area contributed by atoms with Crippen LogP contribution in [0.4, 0.5) is 17.6 Å². The molecule has 0 spiro atoms. The van der Waals surface area contributed by atoms with Gasteiger partial charge in [0.1, 0.15) is 5.82 Å². The highest BCUT2D eigenvalue weighted by atomic mass is 32.1. The van der Waals surface area contributed by atoms with Crippen molar-refractivity contribution in [2.24, 2.45) is 0 Å². The van der Waals surface area contributed by atoms with Crippen molar-refractivity contribution in [3.8, 4) is 11.1 Å². The monoisotopic (exact) mass is 564 g/mol. The summed E-state index contributed by atoms with van der Waals surface area (Å²) in [6.45, 7) is 7.23. The van der Waals surface area contributed by atoms with Crippen LogP contribution in [0, 0.1) is 5.82 Å². The maximum absolute atomic E-state index is 14.1. The minimum absolute atomic E-state index is 0.0641. The van der Waals surface area contributed by atoms with Gasteiger partial charge in [-0.15, -0.1) is 11.3 Å². The van der Waals surface area contributed by atoms with E-state index in [1.54, 1.807) is 18.2 Å². The summed E-state index contributed by atoms with van der Waals surface area (Å²) >= 11 is 1.37. The molecule has 2 aromatic carbocycles. The van der Waals surface area contributed by atoms with Crippen LogP contribution in [0.15, 0.2) is 60.0 Å². The van der Waals surface area contributed by atoms with Crippen LogP contribution in [-0.2, 0) is 11.3 Å². The number of hydrogen-bond donors (Lipinski definition) is 2. The van der Waals surface area contributed by atoms with Gasteiger partial charge in [-0.2, -0.15) is 13.2 Å². The number of carboxylic acids is 1. The molecule has 1 fully saturated rings. The topological polar surface area (TPSA) is 69.6 Å². The Bertz CT molecular complexity index is 1240. The third-order valence-electron chi connectivity index (χ3n) is 6.39. The van der Waals surface area contributed by atoms with E-state index in [0.29, 0.717) is 16.4 Å². The van der Waals surface area contributed by atoms with E-state index in [2.05, 4.69) is 48.3 Å². The van der Waals surface area contributed by atoms with E-state index in [-0.39, 0.29) is 17.8 Å². The van der Waals surface area contributed by atoms with E-state index >= 15 is 0 Å². The van der Waals surface area contributed by atoms with Gasteiger partial charge in [0.25, 0.3) is 5.91 Å². The van der Waals surface area contributed by atoms with Gasteiger partial charge in [-0.05, 0) is 59.5 Å². The van der Waals surface area contributed by atoms with Gasteiger partial charge in [0, 0.05) is 24.7 Å². The molecule has 4 rings (SSSR count). The summed E-state index contributed by atoms with van der Waals surface area (Å²) in [5, 5.41) is 12.2. The van der Waals surface area contributed by atoms with E-state index in [0.717, 1.165) is 44.5 Å². The maximum atomic E-state index is 14.1. The predicted molar refractivity (Wildman–Crippen MR) is 144 cm³/mol. The quantitative estimate of drug-likeness (QED) is 0.314. The van der Waals surface area contributed by atoms with Crippen LogP contribution in [0.3, 0.4) is 0 Å². The lowest BCUT2D eigenvalue weighted by Crippen LogP contribution is -2.42. The van der Waals surface area contributed by atoms with Gasteiger partial charge in [0.15, 0.2) is 0 Å². The number of aliphatic carboxylic acids is 1. The molecule has 210 valence electrons. The molecule has 1 aliphatic rings. The normalized spacial score (nSPS) is 16.2. The number of benzene rings is 2. The summed E-state index contributed by atoms with van der Waals surface area (Å²) in [5.41, 5.74) is 3.96. The summed E-state index contributed by atoms with van der Waals surface area (Å²) in [7, 11) is 0. The van der Waals surface area contributed by atoms with Gasteiger partial charge in [0.2, 0.25) is 0 Å². The molecule has 39 heavy (non-hydrogen) atoms. The van der Waals surface area contributed by atoms with Crippen molar-refractivity contribution in [1.82, 2.24) is 10.2 Å². The zero-order chi connectivity index (χ0) is 28.6. The first-order valence-electron chi connectivity index (χ1n) is 12.7. The Morgan fingerprint density at radius 2 is 1.77 bits per heavy atom. The van der Waals surface area contributed by atoms with Crippen LogP contribution in [0.25, 0.3) is 11.1 Å². The fourth-order valence-corrected chi connectivity index (χ4v) is 5.11. The lowest BCUT2D eigenvalue weighted by atomic mass is 10.0. The average Bonchev–Trinajstić information content (AvgIpc) is 3.27. The van der Waals surface area contributed by atoms with E-state index in [4.69, 9.17) is 9.90 Å². The summed E-state index contributed by atoms with van der Waals surface area (Å²) in [4.78, 5) is 24.9. The van der Waals surface area contributed by atoms with Crippen molar-refractivity contribution in [2.75, 3.05) is 13.1 Å². The minimum Gasteiger partial charge on any atom is -0.475 e. The number of nitrogens with one attached hydrogen (secondary N) is 1. The van der Waals surface area contributed by atoms with Gasteiger partial charge in [-0.25, -0.2) is 9.18 Å². The maximum Gasteiger partial charge on any atom is 0.490 e. The summed E-state index contributed by atoms with van der Waals surface area (Å²) in [6.07, 6.45) is -1.84. The molecule has 10 heteroatoms. The minimum atomic E-state index is -5.08. The summed E-state index contributed by atoms with van der Waals surface area (Å²) < 4.78 is 45.8. The molecular weight excluding hydrogens is 532 g/mol. The molecule has 1 aliphatic heterocycles. The number of rotatable bonds is 6. The Balaban J connectivity index is 0.000000532.